The molecule has 2 N–H and O–H groups in total. The third kappa shape index (κ3) is 21.9. The van der Waals surface area contributed by atoms with Crippen LogP contribution in [0.5, 0.6) is 17.2 Å². The molecule has 22 heteroatoms. The van der Waals surface area contributed by atoms with Gasteiger partial charge in [0.15, 0.2) is 11.5 Å². The van der Waals surface area contributed by atoms with E-state index in [2.05, 4.69) is 75.0 Å². The van der Waals surface area contributed by atoms with Gasteiger partial charge in [-0.2, -0.15) is 0 Å². The molecule has 0 unspecified atom stereocenters. The number of anilines is 2. The Balaban J connectivity index is 0.000000173. The normalized spacial score (nSPS) is 10.2. The van der Waals surface area contributed by atoms with Crippen LogP contribution in [-0.2, 0) is 47.2 Å². The number of aromatic nitrogens is 6. The Morgan fingerprint density at radius 3 is 1.60 bits per heavy atom. The molecule has 0 aliphatic carbocycles. The smallest absolute Gasteiger partial charge is 0.338 e. The molecule has 12 aromatic rings. The summed E-state index contributed by atoms with van der Waals surface area (Å²) in [6.07, 6.45) is 3.12. The van der Waals surface area contributed by atoms with Gasteiger partial charge in [0.1, 0.15) is 29.2 Å². The number of carbonyl (C=O) groups excluding carboxylic acids is 6. The number of esters is 4. The number of ether oxygens (including phenoxy) is 4. The quantitative estimate of drug-likeness (QED) is 0.0336. The zero-order valence-electron chi connectivity index (χ0n) is 57.9. The van der Waals surface area contributed by atoms with E-state index in [9.17, 15) is 43.7 Å². The van der Waals surface area contributed by atoms with E-state index >= 15 is 0 Å². The van der Waals surface area contributed by atoms with Crippen LogP contribution in [-0.4, -0.2) is 70.1 Å². The van der Waals surface area contributed by atoms with Gasteiger partial charge in [-0.25, -0.2) is 34.1 Å². The summed E-state index contributed by atoms with van der Waals surface area (Å²) in [7, 11) is 1.68. The van der Waals surface area contributed by atoms with Crippen LogP contribution in [0.15, 0.2) is 278 Å². The van der Waals surface area contributed by atoms with Crippen LogP contribution >= 0.6 is 0 Å². The monoisotopic (exact) mass is 1380 g/mol. The number of benzene rings is 6. The average molecular weight is 1380 g/mol. The van der Waals surface area contributed by atoms with Crippen molar-refractivity contribution >= 4 is 118 Å². The van der Waals surface area contributed by atoms with Crippen molar-refractivity contribution < 1.29 is 52.6 Å². The molecule has 0 saturated heterocycles. The van der Waals surface area contributed by atoms with Gasteiger partial charge in [0, 0.05) is 91.4 Å². The molecule has 0 saturated carbocycles. The zero-order valence-corrected chi connectivity index (χ0v) is 57.9. The van der Waals surface area contributed by atoms with Crippen molar-refractivity contribution in [3.63, 3.8) is 0 Å². The molecule has 0 aliphatic rings. The molecule has 0 radical (unpaired) electrons. The van der Waals surface area contributed by atoms with Crippen LogP contribution in [0.4, 0.5) is 17.2 Å². The standard InChI is InChI=1S/C14H13NO3.2C14H13NO2.C13H10N2O4.2C13H12N2O/c1-9(2)14(17)18-12-8-13(16)15(3)11-7-5-4-6-10(11)12;1-9(2)14(16)17-12-6-4-5-11-8-7-10(3)15-13(11)12;1-10(2)14(16)17-9-12-8-7-11-5-3-4-6-13(11)15-12;1-8(2)13(16)19-11-6-5-10(15(17)18)9-4-3-7-14-12(9)11;1-9(2)13(16)15-11-7-10-5-3-4-6-12(10)14-8-11;1-9(2)13(16)15-12-8-7-10-5-3-4-6-11(10)14-12/h4-8H,1H2,2-3H3;4-8H,1H2,2-3H3;3-8H,1,9H2,2H3;3-7H,1H2,2H3;3-8H,1H2,2H3,(H,15,16);3-8H,1H2,2H3,(H,14,15,16). The number of nitro groups is 1. The molecule has 6 heterocycles. The van der Waals surface area contributed by atoms with Crippen LogP contribution in [0.25, 0.3) is 65.4 Å². The fourth-order valence-corrected chi connectivity index (χ4v) is 8.89. The Morgan fingerprint density at radius 2 is 0.990 bits per heavy atom. The number of aryl methyl sites for hydroxylation is 2. The van der Waals surface area contributed by atoms with E-state index in [1.807, 2.05) is 140 Å². The molecule has 2 amide bonds. The minimum atomic E-state index is -0.596. The molecule has 103 heavy (non-hydrogen) atoms. The van der Waals surface area contributed by atoms with Crippen molar-refractivity contribution in [2.24, 2.45) is 7.05 Å². The highest BCUT2D eigenvalue weighted by Gasteiger charge is 2.19. The first kappa shape index (κ1) is 76.6. The topological polar surface area (TPSA) is 293 Å². The molecule has 22 nitrogen and oxygen atoms in total. The fraction of sp³-hybridized carbons (Fsp3) is 0.111. The largest absolute Gasteiger partial charge is 0.456 e. The number of nitrogens with one attached hydrogen (secondary N) is 2. The van der Waals surface area contributed by atoms with Crippen molar-refractivity contribution in [2.75, 3.05) is 10.6 Å². The van der Waals surface area contributed by atoms with Crippen LogP contribution in [0.3, 0.4) is 0 Å². The maximum atomic E-state index is 11.8. The van der Waals surface area contributed by atoms with Crippen molar-refractivity contribution in [1.29, 1.82) is 0 Å². The second-order valence-corrected chi connectivity index (χ2v) is 23.1. The van der Waals surface area contributed by atoms with Crippen LogP contribution in [0.1, 0.15) is 52.9 Å². The van der Waals surface area contributed by atoms with E-state index in [0.29, 0.717) is 61.4 Å². The Morgan fingerprint density at radius 1 is 0.476 bits per heavy atom. The first-order chi connectivity index (χ1) is 49.1. The summed E-state index contributed by atoms with van der Waals surface area (Å²) in [5.41, 5.74) is 8.60. The molecular weight excluding hydrogens is 1310 g/mol. The number of nitro benzene ring substituents is 1. The van der Waals surface area contributed by atoms with Gasteiger partial charge in [-0.3, -0.25) is 34.5 Å². The number of hydrogen-bond donors (Lipinski definition) is 2. The van der Waals surface area contributed by atoms with Crippen molar-refractivity contribution in [1.82, 2.24) is 29.5 Å². The van der Waals surface area contributed by atoms with Gasteiger partial charge in [-0.15, -0.1) is 0 Å². The van der Waals surface area contributed by atoms with Gasteiger partial charge < -0.3 is 34.1 Å². The summed E-state index contributed by atoms with van der Waals surface area (Å²) >= 11 is 0. The lowest BCUT2D eigenvalue weighted by atomic mass is 10.1. The van der Waals surface area contributed by atoms with Gasteiger partial charge in [-0.1, -0.05) is 130 Å². The summed E-state index contributed by atoms with van der Waals surface area (Å²) in [5.74, 6) is -0.878. The first-order valence-corrected chi connectivity index (χ1v) is 31.5. The third-order valence-electron chi connectivity index (χ3n) is 14.3. The lowest BCUT2D eigenvalue weighted by Crippen LogP contribution is -2.18. The number of rotatable bonds is 14. The molecule has 0 spiro atoms. The van der Waals surface area contributed by atoms with E-state index in [1.165, 1.54) is 35.9 Å². The number of fused-ring (bicyclic) bond motifs is 6. The fourth-order valence-electron chi connectivity index (χ4n) is 8.89. The number of carbonyl (C=O) groups is 6. The van der Waals surface area contributed by atoms with E-state index in [0.717, 1.165) is 55.0 Å². The molecule has 6 aromatic heterocycles. The Labute approximate surface area is 592 Å². The summed E-state index contributed by atoms with van der Waals surface area (Å²) in [4.78, 5) is 112. The number of nitrogens with zero attached hydrogens (tertiary/aromatic N) is 7. The number of non-ortho nitro benzene ring substituents is 1. The summed E-state index contributed by atoms with van der Waals surface area (Å²) in [5, 5.41) is 21.4. The number of hydrogen-bond acceptors (Lipinski definition) is 18. The maximum absolute atomic E-state index is 11.8. The number of para-hydroxylation sites is 5. The lowest BCUT2D eigenvalue weighted by Gasteiger charge is -2.10. The van der Waals surface area contributed by atoms with Crippen LogP contribution in [0.2, 0.25) is 0 Å². The minimum absolute atomic E-state index is 0.0850. The molecule has 0 fully saturated rings. The predicted molar refractivity (Wildman–Crippen MR) is 402 cm³/mol. The van der Waals surface area contributed by atoms with Crippen LogP contribution < -0.4 is 30.4 Å². The predicted octanol–water partition coefficient (Wildman–Crippen LogP) is 16.0. The molecule has 0 aliphatic heterocycles. The molecule has 12 rings (SSSR count). The highest BCUT2D eigenvalue weighted by atomic mass is 16.6. The summed E-state index contributed by atoms with van der Waals surface area (Å²) in [6.45, 7) is 32.9. The van der Waals surface area contributed by atoms with Gasteiger partial charge in [0.25, 0.3) is 23.1 Å². The SMILES string of the molecule is C=C(C)C(=O)Nc1ccc2ccccc2n1.C=C(C)C(=O)Nc1cnc2ccccc2c1.C=C(C)C(=O)OCc1ccc2ccccc2n1.C=C(C)C(=O)Oc1cc(=O)n(C)c2ccccc12.C=C(C)C(=O)Oc1ccc([N+](=O)[O-])c2cccnc12.C=C(C)C(=O)Oc1cccc2ccc(C)nc12. The lowest BCUT2D eigenvalue weighted by molar-refractivity contribution is -0.383. The highest BCUT2D eigenvalue weighted by molar-refractivity contribution is 6.04. The minimum Gasteiger partial charge on any atom is -0.456 e. The summed E-state index contributed by atoms with van der Waals surface area (Å²) < 4.78 is 22.1. The molecule has 0 bridgehead atoms. The maximum Gasteiger partial charge on any atom is 0.338 e. The van der Waals surface area contributed by atoms with E-state index in [-0.39, 0.29) is 58.2 Å². The zero-order chi connectivity index (χ0) is 75.0. The summed E-state index contributed by atoms with van der Waals surface area (Å²) in [6, 6.07) is 56.5. The number of pyridine rings is 6. The Kier molecular flexibility index (Phi) is 26.9. The Bertz CT molecular complexity index is 5310. The van der Waals surface area contributed by atoms with Gasteiger partial charge in [0.2, 0.25) is 0 Å². The molecule has 520 valence electrons. The molecule has 0 atom stereocenters. The second kappa shape index (κ2) is 36.2. The van der Waals surface area contributed by atoms with Crippen molar-refractivity contribution in [3.05, 3.63) is 305 Å². The van der Waals surface area contributed by atoms with E-state index in [4.69, 9.17) is 18.9 Å². The van der Waals surface area contributed by atoms with Gasteiger partial charge in [-0.05, 0) is 133 Å². The molecule has 6 aromatic carbocycles. The van der Waals surface area contributed by atoms with Gasteiger partial charge in [0.05, 0.1) is 50.0 Å². The Hall–Kier alpha value is -13.8. The van der Waals surface area contributed by atoms with Crippen LogP contribution in [0, 0.1) is 17.0 Å². The molecular formula is C81H73N9O13. The van der Waals surface area contributed by atoms with Gasteiger partial charge >= 0.3 is 23.9 Å². The third-order valence-corrected chi connectivity index (χ3v) is 14.3. The number of amides is 2. The highest BCUT2D eigenvalue weighted by Crippen LogP contribution is 2.32. The van der Waals surface area contributed by atoms with E-state index in [1.54, 1.807) is 84.3 Å². The second-order valence-electron chi connectivity index (χ2n) is 23.1. The average Bonchev–Trinajstić information content (AvgIpc) is 0.809. The van der Waals surface area contributed by atoms with Crippen molar-refractivity contribution in [2.45, 2.75) is 55.1 Å². The van der Waals surface area contributed by atoms with Crippen molar-refractivity contribution in [3.8, 4) is 17.2 Å². The van der Waals surface area contributed by atoms with E-state index < -0.39 is 22.8 Å². The first-order valence-electron chi connectivity index (χ1n) is 31.5.